The first-order valence-electron chi connectivity index (χ1n) is 10.4. The second kappa shape index (κ2) is 10.3. The molecule has 0 aliphatic heterocycles. The van der Waals surface area contributed by atoms with Gasteiger partial charge in [-0.3, -0.25) is 14.2 Å². The van der Waals surface area contributed by atoms with Crippen molar-refractivity contribution in [3.8, 4) is 11.4 Å². The van der Waals surface area contributed by atoms with Crippen LogP contribution in [0.15, 0.2) is 70.6 Å². The predicted molar refractivity (Wildman–Crippen MR) is 133 cm³/mol. The van der Waals surface area contributed by atoms with E-state index in [-0.39, 0.29) is 29.6 Å². The number of carbonyl (C=O) groups is 1. The van der Waals surface area contributed by atoms with Gasteiger partial charge < -0.3 is 10.1 Å². The van der Waals surface area contributed by atoms with Crippen molar-refractivity contribution in [1.82, 2.24) is 14.9 Å². The lowest BCUT2D eigenvalue weighted by Gasteiger charge is -2.17. The smallest absolute Gasteiger partial charge is 0.266 e. The Morgan fingerprint density at radius 3 is 2.65 bits per heavy atom. The van der Waals surface area contributed by atoms with E-state index >= 15 is 0 Å². The lowest BCUT2D eigenvalue weighted by atomic mass is 10.2. The molecule has 0 aliphatic rings. The largest absolute Gasteiger partial charge is 0.495 e. The Morgan fingerprint density at radius 2 is 1.91 bits per heavy atom. The molecule has 0 radical (unpaired) electrons. The standard InChI is InChI=1S/C25H21ClFN3O3S/c1-15-11-21(22(33-2)12-19(15)26)30-24(32)18-5-3-4-6-20(18)29-25(30)34-14-23(31)28-13-16-7-9-17(27)10-8-16/h3-12H,13-14H2,1-2H3,(H,28,31). The van der Waals surface area contributed by atoms with Gasteiger partial charge >= 0.3 is 0 Å². The molecule has 1 aromatic heterocycles. The summed E-state index contributed by atoms with van der Waals surface area (Å²) in [5.74, 6) is -0.139. The maximum atomic E-state index is 13.5. The van der Waals surface area contributed by atoms with Crippen molar-refractivity contribution in [2.75, 3.05) is 12.9 Å². The van der Waals surface area contributed by atoms with Crippen LogP contribution in [0.1, 0.15) is 11.1 Å². The Labute approximate surface area is 204 Å². The highest BCUT2D eigenvalue weighted by Crippen LogP contribution is 2.32. The third kappa shape index (κ3) is 5.08. The quantitative estimate of drug-likeness (QED) is 0.290. The van der Waals surface area contributed by atoms with Crippen LogP contribution in [0.4, 0.5) is 4.39 Å². The van der Waals surface area contributed by atoms with Crippen LogP contribution in [0.3, 0.4) is 0 Å². The molecule has 4 rings (SSSR count). The molecule has 1 N–H and O–H groups in total. The number of nitrogens with one attached hydrogen (secondary N) is 1. The number of fused-ring (bicyclic) bond motifs is 1. The van der Waals surface area contributed by atoms with E-state index in [0.29, 0.717) is 32.5 Å². The van der Waals surface area contributed by atoms with E-state index in [1.54, 1.807) is 48.5 Å². The van der Waals surface area contributed by atoms with Crippen LogP contribution in [0.5, 0.6) is 5.75 Å². The lowest BCUT2D eigenvalue weighted by molar-refractivity contribution is -0.118. The summed E-state index contributed by atoms with van der Waals surface area (Å²) in [7, 11) is 1.50. The van der Waals surface area contributed by atoms with Crippen LogP contribution < -0.4 is 15.6 Å². The van der Waals surface area contributed by atoms with Gasteiger partial charge in [0.1, 0.15) is 11.6 Å². The summed E-state index contributed by atoms with van der Waals surface area (Å²) >= 11 is 7.40. The SMILES string of the molecule is COc1cc(Cl)c(C)cc1-n1c(SCC(=O)NCc2ccc(F)cc2)nc2ccccc2c1=O. The first-order chi connectivity index (χ1) is 16.4. The third-order valence-electron chi connectivity index (χ3n) is 5.18. The van der Waals surface area contributed by atoms with Crippen molar-refractivity contribution in [3.63, 3.8) is 0 Å². The van der Waals surface area contributed by atoms with Crippen molar-refractivity contribution in [3.05, 3.63) is 93.0 Å². The van der Waals surface area contributed by atoms with Crippen LogP contribution in [0.2, 0.25) is 5.02 Å². The molecule has 0 unspecified atom stereocenters. The van der Waals surface area contributed by atoms with Crippen molar-refractivity contribution in [2.24, 2.45) is 0 Å². The zero-order valence-corrected chi connectivity index (χ0v) is 20.0. The van der Waals surface area contributed by atoms with Gasteiger partial charge in [-0.15, -0.1) is 0 Å². The molecule has 34 heavy (non-hydrogen) atoms. The van der Waals surface area contributed by atoms with Gasteiger partial charge in [0.05, 0.1) is 29.5 Å². The number of aryl methyl sites for hydroxylation is 1. The molecule has 0 fully saturated rings. The average Bonchev–Trinajstić information content (AvgIpc) is 2.84. The highest BCUT2D eigenvalue weighted by molar-refractivity contribution is 7.99. The number of para-hydroxylation sites is 1. The van der Waals surface area contributed by atoms with Gasteiger partial charge in [-0.25, -0.2) is 9.37 Å². The minimum Gasteiger partial charge on any atom is -0.495 e. The summed E-state index contributed by atoms with van der Waals surface area (Å²) in [6.07, 6.45) is 0. The molecule has 0 saturated heterocycles. The zero-order chi connectivity index (χ0) is 24.2. The molecular formula is C25H21ClFN3O3S. The molecule has 1 amide bonds. The fourth-order valence-corrected chi connectivity index (χ4v) is 4.38. The average molecular weight is 498 g/mol. The maximum absolute atomic E-state index is 13.5. The molecule has 0 aliphatic carbocycles. The summed E-state index contributed by atoms with van der Waals surface area (Å²) in [4.78, 5) is 30.7. The normalized spacial score (nSPS) is 10.9. The van der Waals surface area contributed by atoms with E-state index in [4.69, 9.17) is 16.3 Å². The number of rotatable bonds is 7. The second-order valence-corrected chi connectivity index (χ2v) is 8.87. The van der Waals surface area contributed by atoms with Crippen molar-refractivity contribution in [1.29, 1.82) is 0 Å². The van der Waals surface area contributed by atoms with Crippen LogP contribution >= 0.6 is 23.4 Å². The number of thioether (sulfide) groups is 1. The Balaban J connectivity index is 1.67. The van der Waals surface area contributed by atoms with Gasteiger partial charge in [-0.1, -0.05) is 47.6 Å². The third-order valence-corrected chi connectivity index (χ3v) is 6.53. The molecular weight excluding hydrogens is 477 g/mol. The van der Waals surface area contributed by atoms with E-state index in [2.05, 4.69) is 10.3 Å². The number of nitrogens with zero attached hydrogens (tertiary/aromatic N) is 2. The molecule has 0 atom stereocenters. The van der Waals surface area contributed by atoms with Gasteiger partial charge in [-0.05, 0) is 48.4 Å². The summed E-state index contributed by atoms with van der Waals surface area (Å²) in [6.45, 7) is 2.10. The lowest BCUT2D eigenvalue weighted by Crippen LogP contribution is -2.26. The minimum absolute atomic E-state index is 0.0286. The zero-order valence-electron chi connectivity index (χ0n) is 18.5. The summed E-state index contributed by atoms with van der Waals surface area (Å²) < 4.78 is 20.0. The molecule has 0 bridgehead atoms. The van der Waals surface area contributed by atoms with Gasteiger partial charge in [-0.2, -0.15) is 0 Å². The number of hydrogen-bond donors (Lipinski definition) is 1. The molecule has 3 aromatic carbocycles. The summed E-state index contributed by atoms with van der Waals surface area (Å²) in [5, 5.41) is 4.10. The van der Waals surface area contributed by atoms with Crippen molar-refractivity contribution >= 4 is 40.2 Å². The summed E-state index contributed by atoms with van der Waals surface area (Å²) in [5.41, 5.74) is 2.29. The van der Waals surface area contributed by atoms with Crippen molar-refractivity contribution in [2.45, 2.75) is 18.6 Å². The molecule has 0 saturated carbocycles. The molecule has 1 heterocycles. The molecule has 9 heteroatoms. The Bertz CT molecular complexity index is 1420. The van der Waals surface area contributed by atoms with Crippen molar-refractivity contribution < 1.29 is 13.9 Å². The van der Waals surface area contributed by atoms with Crippen LogP contribution in [-0.2, 0) is 11.3 Å². The number of benzene rings is 3. The predicted octanol–water partition coefficient (Wildman–Crippen LogP) is 4.90. The van der Waals surface area contributed by atoms with Gasteiger partial charge in [0.2, 0.25) is 5.91 Å². The monoisotopic (exact) mass is 497 g/mol. The van der Waals surface area contributed by atoms with E-state index < -0.39 is 0 Å². The maximum Gasteiger partial charge on any atom is 0.266 e. The second-order valence-electron chi connectivity index (χ2n) is 7.52. The highest BCUT2D eigenvalue weighted by atomic mass is 35.5. The Kier molecular flexibility index (Phi) is 7.19. The molecule has 6 nitrogen and oxygen atoms in total. The van der Waals surface area contributed by atoms with E-state index in [0.717, 1.165) is 22.9 Å². The number of carbonyl (C=O) groups excluding carboxylic acids is 1. The van der Waals surface area contributed by atoms with Crippen LogP contribution in [-0.4, -0.2) is 28.3 Å². The van der Waals surface area contributed by atoms with Crippen LogP contribution in [0.25, 0.3) is 16.6 Å². The van der Waals surface area contributed by atoms with Gasteiger partial charge in [0.25, 0.3) is 5.56 Å². The topological polar surface area (TPSA) is 73.2 Å². The Hall–Kier alpha value is -3.36. The number of methoxy groups -OCH3 is 1. The Morgan fingerprint density at radius 1 is 1.18 bits per heavy atom. The minimum atomic E-state index is -0.334. The fraction of sp³-hybridized carbons (Fsp3) is 0.160. The highest BCUT2D eigenvalue weighted by Gasteiger charge is 2.19. The molecule has 174 valence electrons. The van der Waals surface area contributed by atoms with Gasteiger partial charge in [0.15, 0.2) is 5.16 Å². The number of hydrogen-bond acceptors (Lipinski definition) is 5. The number of ether oxygens (including phenoxy) is 1. The summed E-state index contributed by atoms with van der Waals surface area (Å²) in [6, 6.07) is 16.4. The fourth-order valence-electron chi connectivity index (χ4n) is 3.39. The van der Waals surface area contributed by atoms with Crippen LogP contribution in [0, 0.1) is 12.7 Å². The van der Waals surface area contributed by atoms with Gasteiger partial charge in [0, 0.05) is 17.6 Å². The van der Waals surface area contributed by atoms with E-state index in [1.165, 1.54) is 23.8 Å². The first-order valence-corrected chi connectivity index (χ1v) is 11.7. The molecule has 4 aromatic rings. The van der Waals surface area contributed by atoms with E-state index in [9.17, 15) is 14.0 Å². The number of amides is 1. The van der Waals surface area contributed by atoms with E-state index in [1.807, 2.05) is 6.92 Å². The number of halogens is 2. The molecule has 0 spiro atoms. The first kappa shape index (κ1) is 23.8. The number of aromatic nitrogens is 2.